The third kappa shape index (κ3) is 5.29. The van der Waals surface area contributed by atoms with E-state index in [1.165, 1.54) is 18.5 Å². The normalized spacial score (nSPS) is 10.5. The average Bonchev–Trinajstić information content (AvgIpc) is 2.61. The van der Waals surface area contributed by atoms with Crippen LogP contribution in [-0.2, 0) is 0 Å². The zero-order chi connectivity index (χ0) is 19.1. The highest BCUT2D eigenvalue weighted by atomic mass is 16.5. The van der Waals surface area contributed by atoms with Gasteiger partial charge >= 0.3 is 0 Å². The molecule has 26 heavy (non-hydrogen) atoms. The standard InChI is InChI=1S/C19H24N4O3/c1-13-5-6-17(26-4)16(9-13)22-19(25)15-10-14(11-20-12-15)18(24)21-7-8-23(2)3/h5-6,9-12H,7-8H2,1-4H3,(H,21,24)(H,22,25). The molecule has 0 fully saturated rings. The molecule has 0 unspecified atom stereocenters. The fraction of sp³-hybridized carbons (Fsp3) is 0.316. The van der Waals surface area contributed by atoms with Gasteiger partial charge in [-0.05, 0) is 44.8 Å². The lowest BCUT2D eigenvalue weighted by Gasteiger charge is -2.12. The maximum absolute atomic E-state index is 12.5. The zero-order valence-electron chi connectivity index (χ0n) is 15.5. The van der Waals surface area contributed by atoms with Crippen molar-refractivity contribution in [1.82, 2.24) is 15.2 Å². The lowest BCUT2D eigenvalue weighted by molar-refractivity contribution is 0.0950. The summed E-state index contributed by atoms with van der Waals surface area (Å²) >= 11 is 0. The van der Waals surface area contributed by atoms with Crippen molar-refractivity contribution in [2.45, 2.75) is 6.92 Å². The molecule has 7 heteroatoms. The zero-order valence-corrected chi connectivity index (χ0v) is 15.5. The molecule has 138 valence electrons. The molecule has 0 aliphatic rings. The second kappa shape index (κ2) is 8.96. The second-order valence-corrected chi connectivity index (χ2v) is 6.18. The van der Waals surface area contributed by atoms with Crippen molar-refractivity contribution >= 4 is 17.5 Å². The molecular weight excluding hydrogens is 332 g/mol. The number of carbonyl (C=O) groups excluding carboxylic acids is 2. The van der Waals surface area contributed by atoms with Crippen molar-refractivity contribution in [2.75, 3.05) is 39.6 Å². The number of pyridine rings is 1. The molecule has 0 atom stereocenters. The summed E-state index contributed by atoms with van der Waals surface area (Å²) < 4.78 is 5.26. The number of rotatable bonds is 7. The van der Waals surface area contributed by atoms with E-state index in [0.29, 0.717) is 29.1 Å². The van der Waals surface area contributed by atoms with Gasteiger partial charge in [-0.3, -0.25) is 14.6 Å². The predicted octanol–water partition coefficient (Wildman–Crippen LogP) is 1.94. The van der Waals surface area contributed by atoms with Crippen LogP contribution in [0.15, 0.2) is 36.7 Å². The van der Waals surface area contributed by atoms with Crippen LogP contribution in [0.3, 0.4) is 0 Å². The summed E-state index contributed by atoms with van der Waals surface area (Å²) in [4.78, 5) is 30.7. The fourth-order valence-electron chi connectivity index (χ4n) is 2.30. The van der Waals surface area contributed by atoms with Gasteiger partial charge in [0.05, 0.1) is 23.9 Å². The number of hydrogen-bond donors (Lipinski definition) is 2. The molecular formula is C19H24N4O3. The van der Waals surface area contributed by atoms with Gasteiger partial charge in [-0.25, -0.2) is 0 Å². The molecule has 1 aromatic carbocycles. The fourth-order valence-corrected chi connectivity index (χ4v) is 2.30. The first-order valence-electron chi connectivity index (χ1n) is 8.24. The Morgan fingerprint density at radius 1 is 1.12 bits per heavy atom. The van der Waals surface area contributed by atoms with E-state index in [1.807, 2.05) is 38.1 Å². The van der Waals surface area contributed by atoms with Crippen LogP contribution in [-0.4, -0.2) is 56.0 Å². The molecule has 0 saturated carbocycles. The van der Waals surface area contributed by atoms with Gasteiger partial charge in [0.25, 0.3) is 11.8 Å². The number of amides is 2. The van der Waals surface area contributed by atoms with Crippen molar-refractivity contribution in [2.24, 2.45) is 0 Å². The molecule has 2 aromatic rings. The largest absolute Gasteiger partial charge is 0.495 e. The molecule has 0 aliphatic heterocycles. The first-order chi connectivity index (χ1) is 12.4. The van der Waals surface area contributed by atoms with Crippen LogP contribution in [0.2, 0.25) is 0 Å². The number of nitrogens with one attached hydrogen (secondary N) is 2. The molecule has 0 spiro atoms. The van der Waals surface area contributed by atoms with E-state index in [1.54, 1.807) is 13.2 Å². The van der Waals surface area contributed by atoms with Gasteiger partial charge < -0.3 is 20.3 Å². The van der Waals surface area contributed by atoms with Crippen molar-refractivity contribution in [3.63, 3.8) is 0 Å². The van der Waals surface area contributed by atoms with Gasteiger partial charge in [0.2, 0.25) is 0 Å². The highest BCUT2D eigenvalue weighted by molar-refractivity contribution is 6.06. The second-order valence-electron chi connectivity index (χ2n) is 6.18. The highest BCUT2D eigenvalue weighted by Crippen LogP contribution is 2.25. The number of carbonyl (C=O) groups is 2. The van der Waals surface area contributed by atoms with Gasteiger partial charge in [-0.15, -0.1) is 0 Å². The summed E-state index contributed by atoms with van der Waals surface area (Å²) in [5.74, 6) is -0.0547. The number of aryl methyl sites for hydroxylation is 1. The van der Waals surface area contributed by atoms with E-state index in [4.69, 9.17) is 4.74 Å². The van der Waals surface area contributed by atoms with Crippen molar-refractivity contribution in [3.05, 3.63) is 53.3 Å². The van der Waals surface area contributed by atoms with Gasteiger partial charge in [0.15, 0.2) is 0 Å². The van der Waals surface area contributed by atoms with Crippen LogP contribution in [0.5, 0.6) is 5.75 Å². The SMILES string of the molecule is COc1ccc(C)cc1NC(=O)c1cncc(C(=O)NCCN(C)C)c1. The third-order valence-corrected chi connectivity index (χ3v) is 3.71. The molecule has 7 nitrogen and oxygen atoms in total. The van der Waals surface area contributed by atoms with E-state index in [2.05, 4.69) is 15.6 Å². The molecule has 1 aromatic heterocycles. The number of methoxy groups -OCH3 is 1. The van der Waals surface area contributed by atoms with Crippen LogP contribution in [0.1, 0.15) is 26.3 Å². The molecule has 1 heterocycles. The molecule has 2 N–H and O–H groups in total. The summed E-state index contributed by atoms with van der Waals surface area (Å²) in [6, 6.07) is 7.03. The van der Waals surface area contributed by atoms with Crippen LogP contribution in [0.4, 0.5) is 5.69 Å². The first-order valence-corrected chi connectivity index (χ1v) is 8.24. The number of aromatic nitrogens is 1. The molecule has 2 rings (SSSR count). The monoisotopic (exact) mass is 356 g/mol. The van der Waals surface area contributed by atoms with E-state index >= 15 is 0 Å². The number of benzene rings is 1. The van der Waals surface area contributed by atoms with Gasteiger partial charge in [-0.2, -0.15) is 0 Å². The topological polar surface area (TPSA) is 83.6 Å². The summed E-state index contributed by atoms with van der Waals surface area (Å²) in [5.41, 5.74) is 2.20. The number of likely N-dealkylation sites (N-methyl/N-ethyl adjacent to an activating group) is 1. The van der Waals surface area contributed by atoms with Gasteiger partial charge in [0, 0.05) is 25.5 Å². The Hall–Kier alpha value is -2.93. The smallest absolute Gasteiger partial charge is 0.257 e. The Labute approximate surface area is 153 Å². The summed E-state index contributed by atoms with van der Waals surface area (Å²) in [6.07, 6.45) is 2.86. The van der Waals surface area contributed by atoms with E-state index < -0.39 is 0 Å². The Balaban J connectivity index is 2.10. The Kier molecular flexibility index (Phi) is 6.68. The first kappa shape index (κ1) is 19.4. The van der Waals surface area contributed by atoms with Crippen molar-refractivity contribution in [3.8, 4) is 5.75 Å². The van der Waals surface area contributed by atoms with E-state index in [-0.39, 0.29) is 11.8 Å². The maximum Gasteiger partial charge on any atom is 0.257 e. The van der Waals surface area contributed by atoms with Crippen LogP contribution in [0, 0.1) is 6.92 Å². The lowest BCUT2D eigenvalue weighted by Crippen LogP contribution is -2.31. The lowest BCUT2D eigenvalue weighted by atomic mass is 10.1. The molecule has 0 saturated heterocycles. The van der Waals surface area contributed by atoms with Crippen LogP contribution < -0.4 is 15.4 Å². The average molecular weight is 356 g/mol. The number of anilines is 1. The quantitative estimate of drug-likeness (QED) is 0.792. The van der Waals surface area contributed by atoms with Crippen molar-refractivity contribution < 1.29 is 14.3 Å². The Bertz CT molecular complexity index is 790. The number of nitrogens with zero attached hydrogens (tertiary/aromatic N) is 2. The van der Waals surface area contributed by atoms with Crippen molar-refractivity contribution in [1.29, 1.82) is 0 Å². The predicted molar refractivity (Wildman–Crippen MR) is 101 cm³/mol. The summed E-state index contributed by atoms with van der Waals surface area (Å²) in [7, 11) is 5.40. The third-order valence-electron chi connectivity index (χ3n) is 3.71. The summed E-state index contributed by atoms with van der Waals surface area (Å²) in [6.45, 7) is 3.17. The molecule has 0 aliphatic carbocycles. The maximum atomic E-state index is 12.5. The van der Waals surface area contributed by atoms with E-state index in [9.17, 15) is 9.59 Å². The minimum Gasteiger partial charge on any atom is -0.495 e. The highest BCUT2D eigenvalue weighted by Gasteiger charge is 2.13. The Morgan fingerprint density at radius 3 is 2.46 bits per heavy atom. The minimum absolute atomic E-state index is 0.262. The van der Waals surface area contributed by atoms with Crippen LogP contribution >= 0.6 is 0 Å². The molecule has 0 bridgehead atoms. The molecule has 2 amide bonds. The number of ether oxygens (including phenoxy) is 1. The van der Waals surface area contributed by atoms with E-state index in [0.717, 1.165) is 12.1 Å². The Morgan fingerprint density at radius 2 is 1.81 bits per heavy atom. The molecule has 0 radical (unpaired) electrons. The van der Waals surface area contributed by atoms with Gasteiger partial charge in [0.1, 0.15) is 5.75 Å². The van der Waals surface area contributed by atoms with Gasteiger partial charge in [-0.1, -0.05) is 6.07 Å². The number of hydrogen-bond acceptors (Lipinski definition) is 5. The van der Waals surface area contributed by atoms with Crippen LogP contribution in [0.25, 0.3) is 0 Å². The summed E-state index contributed by atoms with van der Waals surface area (Å²) in [5, 5.41) is 5.60. The minimum atomic E-state index is -0.357.